The van der Waals surface area contributed by atoms with Crippen molar-refractivity contribution >= 4 is 52.5 Å². The number of amides is 5. The fraction of sp³-hybridized carbons (Fsp3) is 0.372. The molecule has 3 aromatic carbocycles. The van der Waals surface area contributed by atoms with Crippen LogP contribution in [0.1, 0.15) is 73.6 Å². The third-order valence-electron chi connectivity index (χ3n) is 12.0. The van der Waals surface area contributed by atoms with E-state index in [1.165, 1.54) is 0 Å². The summed E-state index contributed by atoms with van der Waals surface area (Å²) in [6.45, 7) is 17.5. The lowest BCUT2D eigenvalue weighted by atomic mass is 9.95. The minimum Gasteiger partial charge on any atom is -0.371 e. The Kier molecular flexibility index (Phi) is 10.4. The molecule has 13 nitrogen and oxygen atoms in total. The zero-order chi connectivity index (χ0) is 40.0. The number of aromatic nitrogens is 2. The van der Waals surface area contributed by atoms with E-state index in [4.69, 9.17) is 23.3 Å². The first-order valence-electron chi connectivity index (χ1n) is 19.4. The lowest BCUT2D eigenvalue weighted by Crippen LogP contribution is -2.54. The highest BCUT2D eigenvalue weighted by molar-refractivity contribution is 6.33. The number of benzene rings is 3. The molecule has 57 heavy (non-hydrogen) atoms. The van der Waals surface area contributed by atoms with Crippen LogP contribution in [0.3, 0.4) is 0 Å². The largest absolute Gasteiger partial charge is 0.371 e. The van der Waals surface area contributed by atoms with Crippen LogP contribution in [-0.2, 0) is 16.1 Å². The van der Waals surface area contributed by atoms with Crippen molar-refractivity contribution in [1.82, 2.24) is 29.8 Å². The van der Waals surface area contributed by atoms with Crippen molar-refractivity contribution in [3.63, 3.8) is 0 Å². The Labute approximate surface area is 336 Å². The molecule has 5 amide bonds. The molecule has 0 radical (unpaired) electrons. The van der Waals surface area contributed by atoms with Crippen molar-refractivity contribution in [2.75, 3.05) is 50.7 Å². The third kappa shape index (κ3) is 7.43. The van der Waals surface area contributed by atoms with Gasteiger partial charge >= 0.3 is 0 Å². The molecule has 4 aromatic rings. The van der Waals surface area contributed by atoms with Crippen molar-refractivity contribution in [3.05, 3.63) is 111 Å². The maximum atomic E-state index is 13.5. The van der Waals surface area contributed by atoms with E-state index in [-0.39, 0.29) is 24.3 Å². The standard InChI is InChI=1S/C43H43ClN8O5/c1-26-27(2)51(47-39(26)31-8-11-36(45-3)35(44)22-31)25-28-4-6-30(7-5-28)41(55)50-20-18-48(19-21-50)24-29-14-16-49(17-15-29)32-9-10-33-34(23-32)43(57)52(42(33)56)37-12-13-38(53)46-40(37)54/h4-11,22-23,29,37H,12-21,24-25H2,1-2H3,(H,46,53,54). The molecule has 8 rings (SSSR count). The first-order valence-corrected chi connectivity index (χ1v) is 19.8. The predicted octanol–water partition coefficient (Wildman–Crippen LogP) is 5.50. The average Bonchev–Trinajstić information content (AvgIpc) is 3.64. The Morgan fingerprint density at radius 3 is 2.28 bits per heavy atom. The van der Waals surface area contributed by atoms with Gasteiger partial charge in [0.2, 0.25) is 17.5 Å². The van der Waals surface area contributed by atoms with Crippen molar-refractivity contribution in [2.45, 2.75) is 52.1 Å². The number of hydrogen-bond donors (Lipinski definition) is 1. The molecule has 3 fully saturated rings. The van der Waals surface area contributed by atoms with Gasteiger partial charge in [-0.3, -0.25) is 43.8 Å². The highest BCUT2D eigenvalue weighted by Crippen LogP contribution is 2.34. The Bertz CT molecular complexity index is 2330. The third-order valence-corrected chi connectivity index (χ3v) is 12.3. The lowest BCUT2D eigenvalue weighted by molar-refractivity contribution is -0.136. The zero-order valence-corrected chi connectivity index (χ0v) is 32.7. The second kappa shape index (κ2) is 15.6. The van der Waals surface area contributed by atoms with E-state index in [9.17, 15) is 24.0 Å². The molecular weight excluding hydrogens is 744 g/mol. The normalized spacial score (nSPS) is 19.2. The Hall–Kier alpha value is -5.84. The van der Waals surface area contributed by atoms with Crippen LogP contribution in [0.4, 0.5) is 11.4 Å². The van der Waals surface area contributed by atoms with Gasteiger partial charge in [-0.05, 0) is 86.6 Å². The number of carbonyl (C=O) groups excluding carboxylic acids is 5. The number of rotatable bonds is 8. The summed E-state index contributed by atoms with van der Waals surface area (Å²) in [5, 5.41) is 7.51. The number of fused-ring (bicyclic) bond motifs is 1. The summed E-state index contributed by atoms with van der Waals surface area (Å²) in [6, 6.07) is 17.5. The fourth-order valence-electron chi connectivity index (χ4n) is 8.45. The highest BCUT2D eigenvalue weighted by atomic mass is 35.5. The monoisotopic (exact) mass is 786 g/mol. The van der Waals surface area contributed by atoms with Crippen LogP contribution in [0.25, 0.3) is 16.1 Å². The van der Waals surface area contributed by atoms with E-state index < -0.39 is 29.7 Å². The van der Waals surface area contributed by atoms with E-state index in [0.717, 1.165) is 84.2 Å². The second-order valence-corrected chi connectivity index (χ2v) is 15.8. The average molecular weight is 787 g/mol. The van der Waals surface area contributed by atoms with Gasteiger partial charge in [-0.25, -0.2) is 4.85 Å². The topological polar surface area (TPSA) is 133 Å². The van der Waals surface area contributed by atoms with Crippen LogP contribution in [0.15, 0.2) is 60.7 Å². The van der Waals surface area contributed by atoms with Crippen LogP contribution in [0.2, 0.25) is 5.02 Å². The molecule has 0 aliphatic carbocycles. The molecule has 0 spiro atoms. The molecule has 3 saturated heterocycles. The van der Waals surface area contributed by atoms with Gasteiger partial charge in [-0.1, -0.05) is 35.9 Å². The number of nitrogens with zero attached hydrogens (tertiary/aromatic N) is 7. The summed E-state index contributed by atoms with van der Waals surface area (Å²) in [7, 11) is 0. The summed E-state index contributed by atoms with van der Waals surface area (Å²) in [5.74, 6) is -1.44. The predicted molar refractivity (Wildman–Crippen MR) is 214 cm³/mol. The van der Waals surface area contributed by atoms with Gasteiger partial charge in [-0.2, -0.15) is 5.10 Å². The van der Waals surface area contributed by atoms with Crippen molar-refractivity contribution < 1.29 is 24.0 Å². The van der Waals surface area contributed by atoms with Gasteiger partial charge in [-0.15, -0.1) is 0 Å². The molecule has 1 N–H and O–H groups in total. The fourth-order valence-corrected chi connectivity index (χ4v) is 8.67. The van der Waals surface area contributed by atoms with Crippen molar-refractivity contribution in [1.29, 1.82) is 0 Å². The molecule has 1 aromatic heterocycles. The van der Waals surface area contributed by atoms with E-state index in [0.29, 0.717) is 47.4 Å². The van der Waals surface area contributed by atoms with Crippen LogP contribution in [-0.4, -0.2) is 106 Å². The highest BCUT2D eigenvalue weighted by Gasteiger charge is 2.45. The molecule has 4 aliphatic heterocycles. The van der Waals surface area contributed by atoms with Crippen molar-refractivity contribution in [2.24, 2.45) is 5.92 Å². The number of carbonyl (C=O) groups is 5. The smallest absolute Gasteiger partial charge is 0.262 e. The molecule has 5 heterocycles. The molecule has 4 aliphatic rings. The molecule has 0 saturated carbocycles. The minimum absolute atomic E-state index is 0.0393. The summed E-state index contributed by atoms with van der Waals surface area (Å²) in [5.41, 5.74) is 7.38. The van der Waals surface area contributed by atoms with Crippen LogP contribution in [0.5, 0.6) is 0 Å². The molecule has 292 valence electrons. The second-order valence-electron chi connectivity index (χ2n) is 15.4. The van der Waals surface area contributed by atoms with Gasteiger partial charge in [0.25, 0.3) is 17.7 Å². The van der Waals surface area contributed by atoms with Gasteiger partial charge in [0.15, 0.2) is 0 Å². The number of anilines is 1. The Morgan fingerprint density at radius 2 is 1.60 bits per heavy atom. The number of piperazine rings is 1. The minimum atomic E-state index is -0.978. The van der Waals surface area contributed by atoms with Crippen LogP contribution in [0, 0.1) is 26.3 Å². The first kappa shape index (κ1) is 38.1. The number of imide groups is 2. The van der Waals surface area contributed by atoms with Gasteiger partial charge in [0.05, 0.1) is 29.9 Å². The Balaban J connectivity index is 0.805. The summed E-state index contributed by atoms with van der Waals surface area (Å²) < 4.78 is 1.96. The van der Waals surface area contributed by atoms with E-state index in [2.05, 4.69) is 20.0 Å². The number of hydrogen-bond acceptors (Lipinski definition) is 8. The van der Waals surface area contributed by atoms with Gasteiger partial charge in [0, 0.05) is 79.8 Å². The van der Waals surface area contributed by atoms with E-state index in [1.807, 2.05) is 59.8 Å². The Morgan fingerprint density at radius 1 is 0.877 bits per heavy atom. The SMILES string of the molecule is [C-]#[N+]c1ccc(-c2nn(Cc3ccc(C(=O)N4CCN(CC5CCN(c6ccc7c(c6)C(=O)N(C6CCC(=O)NC6=O)C7=O)CC5)CC4)cc3)c(C)c2C)cc1Cl. The molecule has 1 atom stereocenters. The molecule has 1 unspecified atom stereocenters. The molecule has 14 heteroatoms. The summed E-state index contributed by atoms with van der Waals surface area (Å²) in [4.78, 5) is 75.1. The van der Waals surface area contributed by atoms with E-state index in [1.54, 1.807) is 24.3 Å². The van der Waals surface area contributed by atoms with E-state index >= 15 is 0 Å². The molecule has 0 bridgehead atoms. The number of nitrogens with one attached hydrogen (secondary N) is 1. The zero-order valence-electron chi connectivity index (χ0n) is 32.0. The quantitative estimate of drug-likeness (QED) is 0.183. The van der Waals surface area contributed by atoms with Gasteiger partial charge < -0.3 is 9.80 Å². The lowest BCUT2D eigenvalue weighted by Gasteiger charge is -2.39. The maximum absolute atomic E-state index is 13.5. The summed E-state index contributed by atoms with van der Waals surface area (Å²) >= 11 is 6.30. The van der Waals surface area contributed by atoms with Crippen LogP contribution < -0.4 is 10.2 Å². The first-order chi connectivity index (χ1) is 27.5. The maximum Gasteiger partial charge on any atom is 0.262 e. The van der Waals surface area contributed by atoms with Crippen LogP contribution >= 0.6 is 11.6 Å². The van der Waals surface area contributed by atoms with Crippen molar-refractivity contribution in [3.8, 4) is 11.3 Å². The number of piperidine rings is 2. The molecular formula is C43H43ClN8O5. The summed E-state index contributed by atoms with van der Waals surface area (Å²) in [6.07, 6.45) is 2.19. The number of halogens is 1. The van der Waals surface area contributed by atoms with Gasteiger partial charge in [0.1, 0.15) is 6.04 Å².